The van der Waals surface area contributed by atoms with Crippen molar-refractivity contribution in [2.75, 3.05) is 0 Å². The SMILES string of the molecule is Cc1ccc(/C=C2\N=C(c3ccc([N+](=O)[O-])cc3)OC2=O)c2ccccc12. The molecule has 0 N–H and O–H groups in total. The fourth-order valence-electron chi connectivity index (χ4n) is 3.00. The zero-order chi connectivity index (χ0) is 19.0. The first kappa shape index (κ1) is 16.7. The Morgan fingerprint density at radius 1 is 1.00 bits per heavy atom. The summed E-state index contributed by atoms with van der Waals surface area (Å²) in [5, 5.41) is 12.9. The quantitative estimate of drug-likeness (QED) is 0.301. The molecule has 0 aliphatic carbocycles. The lowest BCUT2D eigenvalue weighted by molar-refractivity contribution is -0.384. The van der Waals surface area contributed by atoms with Crippen molar-refractivity contribution in [1.29, 1.82) is 0 Å². The summed E-state index contributed by atoms with van der Waals surface area (Å²) in [5.41, 5.74) is 2.68. The number of non-ortho nitro benzene ring substituents is 1. The molecule has 0 fully saturated rings. The van der Waals surface area contributed by atoms with Crippen molar-refractivity contribution < 1.29 is 14.5 Å². The van der Waals surface area contributed by atoms with Crippen LogP contribution < -0.4 is 0 Å². The number of carbonyl (C=O) groups is 1. The van der Waals surface area contributed by atoms with Crippen molar-refractivity contribution in [2.45, 2.75) is 6.92 Å². The highest BCUT2D eigenvalue weighted by Gasteiger charge is 2.24. The van der Waals surface area contributed by atoms with Gasteiger partial charge in [0.25, 0.3) is 5.69 Å². The summed E-state index contributed by atoms with van der Waals surface area (Å²) in [5.74, 6) is -0.412. The van der Waals surface area contributed by atoms with Gasteiger partial charge in [-0.2, -0.15) is 0 Å². The van der Waals surface area contributed by atoms with Gasteiger partial charge in [-0.15, -0.1) is 0 Å². The largest absolute Gasteiger partial charge is 0.402 e. The predicted molar refractivity (Wildman–Crippen MR) is 102 cm³/mol. The molecule has 132 valence electrons. The van der Waals surface area contributed by atoms with Gasteiger partial charge in [0.1, 0.15) is 0 Å². The molecule has 27 heavy (non-hydrogen) atoms. The zero-order valence-electron chi connectivity index (χ0n) is 14.4. The second-order valence-corrected chi connectivity index (χ2v) is 6.16. The van der Waals surface area contributed by atoms with E-state index in [2.05, 4.69) is 4.99 Å². The third-order valence-corrected chi connectivity index (χ3v) is 4.41. The maximum absolute atomic E-state index is 12.2. The van der Waals surface area contributed by atoms with E-state index in [1.54, 1.807) is 6.08 Å². The Morgan fingerprint density at radius 3 is 2.41 bits per heavy atom. The molecule has 0 saturated carbocycles. The Hall–Kier alpha value is -3.80. The number of nitrogens with zero attached hydrogens (tertiary/aromatic N) is 2. The Balaban J connectivity index is 1.73. The third-order valence-electron chi connectivity index (χ3n) is 4.41. The van der Waals surface area contributed by atoms with Crippen LogP contribution in [0.5, 0.6) is 0 Å². The van der Waals surface area contributed by atoms with Crippen molar-refractivity contribution in [3.8, 4) is 0 Å². The van der Waals surface area contributed by atoms with Crippen LogP contribution in [0.25, 0.3) is 16.8 Å². The maximum Gasteiger partial charge on any atom is 0.363 e. The lowest BCUT2D eigenvalue weighted by Gasteiger charge is -2.05. The number of fused-ring (bicyclic) bond motifs is 1. The van der Waals surface area contributed by atoms with Gasteiger partial charge in [-0.1, -0.05) is 36.4 Å². The maximum atomic E-state index is 12.2. The minimum Gasteiger partial charge on any atom is -0.402 e. The molecule has 0 unspecified atom stereocenters. The molecule has 0 aromatic heterocycles. The Morgan fingerprint density at radius 2 is 1.70 bits per heavy atom. The molecule has 3 aromatic carbocycles. The number of aryl methyl sites for hydroxylation is 1. The molecule has 6 heteroatoms. The van der Waals surface area contributed by atoms with Gasteiger partial charge in [0.2, 0.25) is 5.90 Å². The number of nitro groups is 1. The Labute approximate surface area is 154 Å². The molecule has 0 spiro atoms. The predicted octanol–water partition coefficient (Wildman–Crippen LogP) is 4.40. The molecule has 0 atom stereocenters. The van der Waals surface area contributed by atoms with Gasteiger partial charge in [-0.25, -0.2) is 9.79 Å². The van der Waals surface area contributed by atoms with Crippen molar-refractivity contribution >= 4 is 34.4 Å². The van der Waals surface area contributed by atoms with E-state index < -0.39 is 10.9 Å². The standard InChI is InChI=1S/C21H14N2O4/c1-13-6-7-15(18-5-3-2-4-17(13)18)12-19-21(24)27-20(22-19)14-8-10-16(11-9-14)23(25)26/h2-12H,1H3/b19-12-. The average molecular weight is 358 g/mol. The van der Waals surface area contributed by atoms with Gasteiger partial charge in [-0.05, 0) is 47.0 Å². The van der Waals surface area contributed by atoms with E-state index in [4.69, 9.17) is 4.74 Å². The summed E-state index contributed by atoms with van der Waals surface area (Å²) < 4.78 is 5.24. The molecule has 1 aliphatic rings. The van der Waals surface area contributed by atoms with Gasteiger partial charge >= 0.3 is 5.97 Å². The summed E-state index contributed by atoms with van der Waals surface area (Å²) in [4.78, 5) is 26.8. The minimum absolute atomic E-state index is 0.0365. The Kier molecular flexibility index (Phi) is 4.01. The number of cyclic esters (lactones) is 1. The first-order valence-corrected chi connectivity index (χ1v) is 8.29. The number of rotatable bonds is 3. The first-order valence-electron chi connectivity index (χ1n) is 8.29. The highest BCUT2D eigenvalue weighted by Crippen LogP contribution is 2.26. The topological polar surface area (TPSA) is 81.8 Å². The van der Waals surface area contributed by atoms with Crippen LogP contribution in [0.1, 0.15) is 16.7 Å². The zero-order valence-corrected chi connectivity index (χ0v) is 14.4. The summed E-state index contributed by atoms with van der Waals surface area (Å²) in [6.45, 7) is 2.04. The van der Waals surface area contributed by atoms with Crippen LogP contribution in [0, 0.1) is 17.0 Å². The number of hydrogen-bond acceptors (Lipinski definition) is 5. The second-order valence-electron chi connectivity index (χ2n) is 6.16. The number of esters is 1. The minimum atomic E-state index is -0.548. The van der Waals surface area contributed by atoms with Crippen molar-refractivity contribution in [1.82, 2.24) is 0 Å². The summed E-state index contributed by atoms with van der Waals surface area (Å²) in [7, 11) is 0. The van der Waals surface area contributed by atoms with Crippen LogP contribution in [0.15, 0.2) is 71.4 Å². The van der Waals surface area contributed by atoms with Gasteiger partial charge < -0.3 is 4.74 Å². The van der Waals surface area contributed by atoms with Gasteiger partial charge in [0.15, 0.2) is 5.70 Å². The smallest absolute Gasteiger partial charge is 0.363 e. The average Bonchev–Trinajstić information content (AvgIpc) is 3.05. The number of nitro benzene ring substituents is 1. The number of carbonyl (C=O) groups excluding carboxylic acids is 1. The fraction of sp³-hybridized carbons (Fsp3) is 0.0476. The molecule has 0 radical (unpaired) electrons. The van der Waals surface area contributed by atoms with Crippen LogP contribution in [-0.2, 0) is 9.53 Å². The van der Waals surface area contributed by atoms with Crippen LogP contribution in [0.2, 0.25) is 0 Å². The molecule has 1 heterocycles. The van der Waals surface area contributed by atoms with E-state index in [1.807, 2.05) is 43.3 Å². The molecule has 6 nitrogen and oxygen atoms in total. The summed E-state index contributed by atoms with van der Waals surface area (Å²) in [6, 6.07) is 17.6. The van der Waals surface area contributed by atoms with Crippen molar-refractivity contribution in [2.24, 2.45) is 4.99 Å². The number of aliphatic imine (C=N–C) groups is 1. The van der Waals surface area contributed by atoms with Crippen LogP contribution in [0.4, 0.5) is 5.69 Å². The highest BCUT2D eigenvalue weighted by molar-refractivity contribution is 6.13. The van der Waals surface area contributed by atoms with E-state index >= 15 is 0 Å². The van der Waals surface area contributed by atoms with E-state index in [-0.39, 0.29) is 17.3 Å². The highest BCUT2D eigenvalue weighted by atomic mass is 16.6. The molecular weight excluding hydrogens is 344 g/mol. The van der Waals surface area contributed by atoms with Crippen molar-refractivity contribution in [3.05, 3.63) is 93.2 Å². The fourth-order valence-corrected chi connectivity index (χ4v) is 3.00. The van der Waals surface area contributed by atoms with E-state index in [1.165, 1.54) is 24.3 Å². The monoisotopic (exact) mass is 358 g/mol. The van der Waals surface area contributed by atoms with Crippen molar-refractivity contribution in [3.63, 3.8) is 0 Å². The van der Waals surface area contributed by atoms with Crippen LogP contribution in [0.3, 0.4) is 0 Å². The number of benzene rings is 3. The van der Waals surface area contributed by atoms with Gasteiger partial charge in [0.05, 0.1) is 4.92 Å². The molecule has 3 aromatic rings. The molecule has 0 amide bonds. The lowest BCUT2D eigenvalue weighted by atomic mass is 10.00. The Bertz CT molecular complexity index is 1140. The van der Waals surface area contributed by atoms with E-state index in [0.29, 0.717) is 5.56 Å². The molecule has 0 bridgehead atoms. The number of hydrogen-bond donors (Lipinski definition) is 0. The summed E-state index contributed by atoms with van der Waals surface area (Å²) in [6.07, 6.45) is 1.70. The third kappa shape index (κ3) is 3.08. The van der Waals surface area contributed by atoms with E-state index in [9.17, 15) is 14.9 Å². The summed E-state index contributed by atoms with van der Waals surface area (Å²) >= 11 is 0. The second kappa shape index (κ2) is 6.49. The molecule has 1 aliphatic heterocycles. The van der Waals surface area contributed by atoms with Crippen LogP contribution in [-0.4, -0.2) is 16.8 Å². The molecular formula is C21H14N2O4. The first-order chi connectivity index (χ1) is 13.0. The normalized spacial score (nSPS) is 15.1. The van der Waals surface area contributed by atoms with Crippen LogP contribution >= 0.6 is 0 Å². The molecule has 4 rings (SSSR count). The van der Waals surface area contributed by atoms with Gasteiger partial charge in [0, 0.05) is 17.7 Å². The lowest BCUT2D eigenvalue weighted by Crippen LogP contribution is -2.05. The van der Waals surface area contributed by atoms with E-state index in [0.717, 1.165) is 21.9 Å². The van der Waals surface area contributed by atoms with Gasteiger partial charge in [-0.3, -0.25) is 10.1 Å². The molecule has 0 saturated heterocycles. The number of ether oxygens (including phenoxy) is 1.